The molecule has 0 bridgehead atoms. The fourth-order valence-electron chi connectivity index (χ4n) is 1.86. The molecule has 6 nitrogen and oxygen atoms in total. The van der Waals surface area contributed by atoms with Gasteiger partial charge < -0.3 is 4.42 Å². The van der Waals surface area contributed by atoms with E-state index in [0.717, 1.165) is 17.0 Å². The van der Waals surface area contributed by atoms with Crippen molar-refractivity contribution in [2.75, 3.05) is 0 Å². The summed E-state index contributed by atoms with van der Waals surface area (Å²) in [6.07, 6.45) is 0. The molecule has 3 N–H and O–H groups in total. The second-order valence-corrected chi connectivity index (χ2v) is 4.25. The Balaban J connectivity index is 2.27. The Hall–Kier alpha value is -2.08. The summed E-state index contributed by atoms with van der Waals surface area (Å²) in [7, 11) is 0. The lowest BCUT2D eigenvalue weighted by Crippen LogP contribution is -2.29. The molecular weight excluding hydrogens is 232 g/mol. The molecule has 96 valence electrons. The van der Waals surface area contributed by atoms with Crippen LogP contribution in [0.25, 0.3) is 0 Å². The lowest BCUT2D eigenvalue weighted by molar-refractivity contribution is 0.0924. The highest BCUT2D eigenvalue weighted by molar-refractivity contribution is 5.91. The minimum Gasteiger partial charge on any atom is -0.456 e. The molecule has 0 aliphatic rings. The van der Waals surface area contributed by atoms with Crippen LogP contribution in [-0.2, 0) is 6.54 Å². The number of furan rings is 1. The number of nitrogens with two attached hydrogens (primary N) is 1. The Labute approximate surface area is 105 Å². The molecule has 18 heavy (non-hydrogen) atoms. The number of carbonyl (C=O) groups is 1. The number of nitrogen functional groups attached to an aromatic ring is 1. The SMILES string of the molecule is Cc1cc(C)n(Cc2cc(C(=O)NN)oc2C)n1. The third-order valence-electron chi connectivity index (χ3n) is 2.80. The molecule has 1 amide bonds. The highest BCUT2D eigenvalue weighted by Gasteiger charge is 2.14. The molecule has 0 spiro atoms. The van der Waals surface area contributed by atoms with Gasteiger partial charge in [-0.05, 0) is 32.9 Å². The van der Waals surface area contributed by atoms with Gasteiger partial charge in [-0.3, -0.25) is 14.9 Å². The number of nitrogens with one attached hydrogen (secondary N) is 1. The number of rotatable bonds is 3. The lowest BCUT2D eigenvalue weighted by atomic mass is 10.2. The summed E-state index contributed by atoms with van der Waals surface area (Å²) in [5.41, 5.74) is 5.00. The van der Waals surface area contributed by atoms with Gasteiger partial charge in [0.25, 0.3) is 0 Å². The van der Waals surface area contributed by atoms with Crippen LogP contribution in [0, 0.1) is 20.8 Å². The average Bonchev–Trinajstić information content (AvgIpc) is 2.83. The van der Waals surface area contributed by atoms with E-state index in [1.165, 1.54) is 0 Å². The first-order valence-corrected chi connectivity index (χ1v) is 5.62. The maximum atomic E-state index is 11.4. The van der Waals surface area contributed by atoms with E-state index in [4.69, 9.17) is 10.3 Å². The highest BCUT2D eigenvalue weighted by atomic mass is 16.4. The summed E-state index contributed by atoms with van der Waals surface area (Å²) in [6.45, 7) is 6.32. The summed E-state index contributed by atoms with van der Waals surface area (Å²) in [5, 5.41) is 4.37. The molecule has 0 radical (unpaired) electrons. The van der Waals surface area contributed by atoms with Crippen LogP contribution in [0.5, 0.6) is 0 Å². The number of aromatic nitrogens is 2. The number of hydrogen-bond donors (Lipinski definition) is 2. The van der Waals surface area contributed by atoms with Gasteiger partial charge in [-0.2, -0.15) is 5.10 Å². The van der Waals surface area contributed by atoms with Crippen molar-refractivity contribution in [3.05, 3.63) is 40.6 Å². The minimum absolute atomic E-state index is 0.214. The molecular formula is C12H16N4O2. The first-order chi connectivity index (χ1) is 8.51. The van der Waals surface area contributed by atoms with Crippen molar-refractivity contribution in [3.63, 3.8) is 0 Å². The molecule has 0 aliphatic carbocycles. The van der Waals surface area contributed by atoms with E-state index < -0.39 is 5.91 Å². The zero-order chi connectivity index (χ0) is 13.3. The van der Waals surface area contributed by atoms with E-state index in [-0.39, 0.29) is 5.76 Å². The van der Waals surface area contributed by atoms with Gasteiger partial charge in [0.05, 0.1) is 12.2 Å². The lowest BCUT2D eigenvalue weighted by Gasteiger charge is -2.02. The Bertz CT molecular complexity index is 583. The summed E-state index contributed by atoms with van der Waals surface area (Å²) in [6, 6.07) is 3.69. The molecule has 2 aromatic rings. The van der Waals surface area contributed by atoms with Gasteiger partial charge in [-0.15, -0.1) is 0 Å². The number of amides is 1. The van der Waals surface area contributed by atoms with E-state index >= 15 is 0 Å². The predicted octanol–water partition coefficient (Wildman–Crippen LogP) is 1.05. The molecule has 6 heteroatoms. The van der Waals surface area contributed by atoms with E-state index in [1.54, 1.807) is 6.07 Å². The Morgan fingerprint density at radius 2 is 2.17 bits per heavy atom. The standard InChI is InChI=1S/C12H16N4O2/c1-7-4-8(2)16(15-7)6-10-5-11(12(17)14-13)18-9(10)3/h4-5H,6,13H2,1-3H3,(H,14,17). The van der Waals surface area contributed by atoms with Crippen LogP contribution in [-0.4, -0.2) is 15.7 Å². The van der Waals surface area contributed by atoms with Gasteiger partial charge in [-0.25, -0.2) is 5.84 Å². The first-order valence-electron chi connectivity index (χ1n) is 5.62. The van der Waals surface area contributed by atoms with Crippen LogP contribution in [0.4, 0.5) is 0 Å². The van der Waals surface area contributed by atoms with Gasteiger partial charge in [-0.1, -0.05) is 0 Å². The van der Waals surface area contributed by atoms with Crippen LogP contribution < -0.4 is 11.3 Å². The van der Waals surface area contributed by atoms with E-state index in [1.807, 2.05) is 36.9 Å². The minimum atomic E-state index is -0.433. The van der Waals surface area contributed by atoms with Crippen LogP contribution >= 0.6 is 0 Å². The van der Waals surface area contributed by atoms with Gasteiger partial charge in [0.2, 0.25) is 0 Å². The summed E-state index contributed by atoms with van der Waals surface area (Å²) in [5.74, 6) is 5.54. The van der Waals surface area contributed by atoms with Gasteiger partial charge in [0, 0.05) is 11.3 Å². The van der Waals surface area contributed by atoms with Crippen LogP contribution in [0.15, 0.2) is 16.5 Å². The maximum Gasteiger partial charge on any atom is 0.300 e. The second kappa shape index (κ2) is 4.66. The predicted molar refractivity (Wildman–Crippen MR) is 65.9 cm³/mol. The number of nitrogens with zero attached hydrogens (tertiary/aromatic N) is 2. The van der Waals surface area contributed by atoms with Gasteiger partial charge in [0.1, 0.15) is 5.76 Å². The zero-order valence-corrected chi connectivity index (χ0v) is 10.7. The summed E-state index contributed by atoms with van der Waals surface area (Å²) >= 11 is 0. The normalized spacial score (nSPS) is 10.7. The topological polar surface area (TPSA) is 86.1 Å². The number of carbonyl (C=O) groups excluding carboxylic acids is 1. The molecule has 0 saturated heterocycles. The van der Waals surface area contributed by atoms with Crippen molar-refractivity contribution < 1.29 is 9.21 Å². The monoisotopic (exact) mass is 248 g/mol. The molecule has 0 saturated carbocycles. The van der Waals surface area contributed by atoms with Gasteiger partial charge >= 0.3 is 5.91 Å². The maximum absolute atomic E-state index is 11.4. The molecule has 2 aromatic heterocycles. The molecule has 0 unspecified atom stereocenters. The molecule has 0 fully saturated rings. The molecule has 0 aromatic carbocycles. The molecule has 0 atom stereocenters. The van der Waals surface area contributed by atoms with E-state index in [9.17, 15) is 4.79 Å². The van der Waals surface area contributed by atoms with Crippen molar-refractivity contribution in [1.82, 2.24) is 15.2 Å². The molecule has 0 aliphatic heterocycles. The van der Waals surface area contributed by atoms with Crippen molar-refractivity contribution in [2.24, 2.45) is 5.84 Å². The quantitative estimate of drug-likeness (QED) is 0.483. The number of hydrazine groups is 1. The third kappa shape index (κ3) is 2.28. The van der Waals surface area contributed by atoms with Crippen molar-refractivity contribution >= 4 is 5.91 Å². The Morgan fingerprint density at radius 1 is 1.44 bits per heavy atom. The third-order valence-corrected chi connectivity index (χ3v) is 2.80. The van der Waals surface area contributed by atoms with Crippen LogP contribution in [0.1, 0.15) is 33.3 Å². The smallest absolute Gasteiger partial charge is 0.300 e. The van der Waals surface area contributed by atoms with Gasteiger partial charge in [0.15, 0.2) is 5.76 Å². The summed E-state index contributed by atoms with van der Waals surface area (Å²) in [4.78, 5) is 11.4. The van der Waals surface area contributed by atoms with Crippen molar-refractivity contribution in [1.29, 1.82) is 0 Å². The Morgan fingerprint density at radius 3 is 2.72 bits per heavy atom. The molecule has 2 rings (SSSR count). The molecule has 2 heterocycles. The van der Waals surface area contributed by atoms with E-state index in [2.05, 4.69) is 5.10 Å². The largest absolute Gasteiger partial charge is 0.456 e. The highest BCUT2D eigenvalue weighted by Crippen LogP contribution is 2.16. The van der Waals surface area contributed by atoms with E-state index in [0.29, 0.717) is 12.3 Å². The summed E-state index contributed by atoms with van der Waals surface area (Å²) < 4.78 is 7.23. The van der Waals surface area contributed by atoms with Crippen molar-refractivity contribution in [2.45, 2.75) is 27.3 Å². The fraction of sp³-hybridized carbons (Fsp3) is 0.333. The average molecular weight is 248 g/mol. The fourth-order valence-corrected chi connectivity index (χ4v) is 1.86. The van der Waals surface area contributed by atoms with Crippen molar-refractivity contribution in [3.8, 4) is 0 Å². The Kier molecular flexibility index (Phi) is 3.20. The van der Waals surface area contributed by atoms with Crippen LogP contribution in [0.2, 0.25) is 0 Å². The number of aryl methyl sites for hydroxylation is 3. The second-order valence-electron chi connectivity index (χ2n) is 4.25. The zero-order valence-electron chi connectivity index (χ0n) is 10.7. The first kappa shape index (κ1) is 12.4. The van der Waals surface area contributed by atoms with Crippen LogP contribution in [0.3, 0.4) is 0 Å². The number of hydrogen-bond acceptors (Lipinski definition) is 4.